The Morgan fingerprint density at radius 2 is 1.88 bits per heavy atom. The molecule has 25 heavy (non-hydrogen) atoms. The zero-order valence-electron chi connectivity index (χ0n) is 13.1. The Hall–Kier alpha value is -2.15. The van der Waals surface area contributed by atoms with E-state index in [4.69, 9.17) is 27.9 Å². The van der Waals surface area contributed by atoms with Crippen LogP contribution in [0.2, 0.25) is 10.0 Å². The average Bonchev–Trinajstić information content (AvgIpc) is 3.17. The fourth-order valence-corrected chi connectivity index (χ4v) is 3.68. The molecule has 2 aromatic carbocycles. The Balaban J connectivity index is 1.49. The molecule has 2 aromatic heterocycles. The van der Waals surface area contributed by atoms with Crippen LogP contribution in [0.25, 0.3) is 15.5 Å². The maximum Gasteiger partial charge on any atom is 0.234 e. The molecule has 0 atom stereocenters. The first kappa shape index (κ1) is 16.3. The molecule has 0 spiro atoms. The first-order valence-corrected chi connectivity index (χ1v) is 9.03. The lowest BCUT2D eigenvalue weighted by Gasteiger charge is -2.08. The van der Waals surface area contributed by atoms with Gasteiger partial charge >= 0.3 is 0 Å². The van der Waals surface area contributed by atoms with Crippen molar-refractivity contribution in [1.29, 1.82) is 0 Å². The SMILES string of the molecule is Cc1nnc2sc(-c3ccc(OCc4ccc(Cl)cc4Cl)cc3)nn12. The molecule has 5 nitrogen and oxygen atoms in total. The van der Waals surface area contributed by atoms with Crippen LogP contribution in [0.3, 0.4) is 0 Å². The number of hydrogen-bond donors (Lipinski definition) is 0. The standard InChI is InChI=1S/C17H12Cl2N4OS/c1-10-20-21-17-23(10)22-16(25-17)11-3-6-14(7-4-11)24-9-12-2-5-13(18)8-15(12)19/h2-8H,9H2,1H3. The van der Waals surface area contributed by atoms with Crippen molar-refractivity contribution in [1.82, 2.24) is 19.8 Å². The van der Waals surface area contributed by atoms with Gasteiger partial charge in [0.2, 0.25) is 4.96 Å². The van der Waals surface area contributed by atoms with Crippen molar-refractivity contribution in [2.45, 2.75) is 13.5 Å². The van der Waals surface area contributed by atoms with Crippen LogP contribution in [-0.2, 0) is 6.61 Å². The highest BCUT2D eigenvalue weighted by Gasteiger charge is 2.10. The minimum atomic E-state index is 0.380. The largest absolute Gasteiger partial charge is 0.489 e. The Kier molecular flexibility index (Phi) is 4.33. The number of fused-ring (bicyclic) bond motifs is 1. The van der Waals surface area contributed by atoms with Gasteiger partial charge in [0.1, 0.15) is 17.4 Å². The molecule has 0 aliphatic rings. The van der Waals surface area contributed by atoms with Crippen LogP contribution in [0.4, 0.5) is 0 Å². The number of rotatable bonds is 4. The second-order valence-corrected chi connectivity index (χ2v) is 7.20. The predicted molar refractivity (Wildman–Crippen MR) is 99.6 cm³/mol. The van der Waals surface area contributed by atoms with Gasteiger partial charge in [-0.05, 0) is 43.3 Å². The van der Waals surface area contributed by atoms with E-state index >= 15 is 0 Å². The molecule has 0 saturated carbocycles. The third-order valence-electron chi connectivity index (χ3n) is 3.66. The van der Waals surface area contributed by atoms with E-state index in [0.29, 0.717) is 16.7 Å². The number of aryl methyl sites for hydroxylation is 1. The fourth-order valence-electron chi connectivity index (χ4n) is 2.32. The van der Waals surface area contributed by atoms with E-state index < -0.39 is 0 Å². The third kappa shape index (κ3) is 3.33. The Labute approximate surface area is 157 Å². The zero-order chi connectivity index (χ0) is 17.4. The Morgan fingerprint density at radius 3 is 2.60 bits per heavy atom. The van der Waals surface area contributed by atoms with Gasteiger partial charge in [-0.25, -0.2) is 0 Å². The Morgan fingerprint density at radius 1 is 1.08 bits per heavy atom. The van der Waals surface area contributed by atoms with E-state index in [2.05, 4.69) is 15.3 Å². The maximum atomic E-state index is 6.16. The monoisotopic (exact) mass is 390 g/mol. The highest BCUT2D eigenvalue weighted by Crippen LogP contribution is 2.28. The van der Waals surface area contributed by atoms with Gasteiger partial charge in [-0.15, -0.1) is 10.2 Å². The molecule has 0 unspecified atom stereocenters. The summed E-state index contributed by atoms with van der Waals surface area (Å²) in [7, 11) is 0. The van der Waals surface area contributed by atoms with Crippen LogP contribution in [-0.4, -0.2) is 19.8 Å². The molecule has 0 N–H and O–H groups in total. The van der Waals surface area contributed by atoms with Crippen molar-refractivity contribution >= 4 is 39.5 Å². The predicted octanol–water partition coefficient (Wildman–Crippen LogP) is 5.05. The number of nitrogens with zero attached hydrogens (tertiary/aromatic N) is 4. The van der Waals surface area contributed by atoms with Gasteiger partial charge in [0, 0.05) is 21.2 Å². The highest BCUT2D eigenvalue weighted by molar-refractivity contribution is 7.19. The second-order valence-electron chi connectivity index (χ2n) is 5.40. The molecule has 0 aliphatic heterocycles. The lowest BCUT2D eigenvalue weighted by molar-refractivity contribution is 0.306. The number of benzene rings is 2. The van der Waals surface area contributed by atoms with Crippen molar-refractivity contribution in [2.75, 3.05) is 0 Å². The van der Waals surface area contributed by atoms with Crippen LogP contribution in [0.15, 0.2) is 42.5 Å². The summed E-state index contributed by atoms with van der Waals surface area (Å²) in [5.41, 5.74) is 1.89. The molecule has 0 saturated heterocycles. The smallest absolute Gasteiger partial charge is 0.234 e. The molecular weight excluding hydrogens is 379 g/mol. The first-order chi connectivity index (χ1) is 12.1. The molecule has 126 valence electrons. The average molecular weight is 391 g/mol. The summed E-state index contributed by atoms with van der Waals surface area (Å²) in [5.74, 6) is 1.53. The van der Waals surface area contributed by atoms with E-state index in [1.54, 1.807) is 16.6 Å². The molecule has 4 aromatic rings. The number of aromatic nitrogens is 4. The van der Waals surface area contributed by atoms with E-state index in [9.17, 15) is 0 Å². The van der Waals surface area contributed by atoms with Crippen molar-refractivity contribution in [3.8, 4) is 16.3 Å². The van der Waals surface area contributed by atoms with Gasteiger partial charge in [0.05, 0.1) is 0 Å². The zero-order valence-corrected chi connectivity index (χ0v) is 15.4. The van der Waals surface area contributed by atoms with E-state index in [1.165, 1.54) is 11.3 Å². The Bertz CT molecular complexity index is 1040. The molecule has 0 radical (unpaired) electrons. The molecule has 0 fully saturated rings. The normalized spacial score (nSPS) is 11.2. The minimum Gasteiger partial charge on any atom is -0.489 e. The van der Waals surface area contributed by atoms with Crippen LogP contribution in [0.1, 0.15) is 11.4 Å². The molecule has 8 heteroatoms. The summed E-state index contributed by atoms with van der Waals surface area (Å²) in [6.45, 7) is 2.26. The minimum absolute atomic E-state index is 0.380. The van der Waals surface area contributed by atoms with Gasteiger partial charge < -0.3 is 4.74 Å². The van der Waals surface area contributed by atoms with E-state index in [1.807, 2.05) is 37.3 Å². The topological polar surface area (TPSA) is 52.3 Å². The van der Waals surface area contributed by atoms with Crippen molar-refractivity contribution in [3.63, 3.8) is 0 Å². The number of ether oxygens (including phenoxy) is 1. The van der Waals surface area contributed by atoms with Crippen LogP contribution in [0, 0.1) is 6.92 Å². The molecule has 2 heterocycles. The maximum absolute atomic E-state index is 6.16. The van der Waals surface area contributed by atoms with Gasteiger partial charge in [-0.2, -0.15) is 9.61 Å². The van der Waals surface area contributed by atoms with Crippen LogP contribution in [0.5, 0.6) is 5.75 Å². The van der Waals surface area contributed by atoms with Crippen molar-refractivity contribution in [3.05, 3.63) is 63.9 Å². The quantitative estimate of drug-likeness (QED) is 0.489. The second kappa shape index (κ2) is 6.63. The summed E-state index contributed by atoms with van der Waals surface area (Å²) in [6.07, 6.45) is 0. The lowest BCUT2D eigenvalue weighted by atomic mass is 10.2. The van der Waals surface area contributed by atoms with Gasteiger partial charge in [0.15, 0.2) is 5.82 Å². The van der Waals surface area contributed by atoms with Crippen molar-refractivity contribution in [2.24, 2.45) is 0 Å². The van der Waals surface area contributed by atoms with Crippen LogP contribution >= 0.6 is 34.5 Å². The first-order valence-electron chi connectivity index (χ1n) is 7.46. The van der Waals surface area contributed by atoms with E-state index in [-0.39, 0.29) is 0 Å². The summed E-state index contributed by atoms with van der Waals surface area (Å²) in [4.78, 5) is 0.783. The third-order valence-corrected chi connectivity index (χ3v) is 5.19. The molecular formula is C17H12Cl2N4OS. The number of hydrogen-bond acceptors (Lipinski definition) is 5. The molecule has 4 rings (SSSR count). The van der Waals surface area contributed by atoms with Gasteiger partial charge in [0.25, 0.3) is 0 Å². The lowest BCUT2D eigenvalue weighted by Crippen LogP contribution is -1.96. The summed E-state index contributed by atoms with van der Waals surface area (Å²) >= 11 is 13.6. The summed E-state index contributed by atoms with van der Waals surface area (Å²) < 4.78 is 7.54. The van der Waals surface area contributed by atoms with E-state index in [0.717, 1.165) is 32.7 Å². The molecule has 0 amide bonds. The van der Waals surface area contributed by atoms with Gasteiger partial charge in [-0.3, -0.25) is 0 Å². The van der Waals surface area contributed by atoms with Crippen molar-refractivity contribution < 1.29 is 4.74 Å². The summed E-state index contributed by atoms with van der Waals surface area (Å²) in [6, 6.07) is 13.1. The fraction of sp³-hybridized carbons (Fsp3) is 0.118. The van der Waals surface area contributed by atoms with Gasteiger partial charge in [-0.1, -0.05) is 40.6 Å². The molecule has 0 bridgehead atoms. The highest BCUT2D eigenvalue weighted by atomic mass is 35.5. The molecule has 0 aliphatic carbocycles. The van der Waals surface area contributed by atoms with Crippen LogP contribution < -0.4 is 4.74 Å². The number of halogens is 2. The summed E-state index contributed by atoms with van der Waals surface area (Å²) in [5, 5.41) is 14.7.